The van der Waals surface area contributed by atoms with Crippen molar-refractivity contribution in [3.8, 4) is 0 Å². The molecule has 1 fully saturated rings. The minimum atomic E-state index is -0.699. The first-order valence-electron chi connectivity index (χ1n) is 11.3. The average Bonchev–Trinajstić information content (AvgIpc) is 2.64. The molecule has 1 aliphatic heterocycles. The molecule has 0 amide bonds. The Labute approximate surface area is 170 Å². The van der Waals surface area contributed by atoms with Gasteiger partial charge in [0.2, 0.25) is 0 Å². The number of rotatable bonds is 19. The molecular formula is C22H41NO5. The van der Waals surface area contributed by atoms with Crippen molar-refractivity contribution in [3.63, 3.8) is 0 Å². The maximum absolute atomic E-state index is 10.5. The van der Waals surface area contributed by atoms with Crippen LogP contribution in [0.25, 0.3) is 0 Å². The van der Waals surface area contributed by atoms with Gasteiger partial charge >= 0.3 is 11.9 Å². The first kappa shape index (κ1) is 24.9. The highest BCUT2D eigenvalue weighted by Crippen LogP contribution is 2.39. The summed E-state index contributed by atoms with van der Waals surface area (Å²) in [5.74, 6) is -1.40. The lowest BCUT2D eigenvalue weighted by molar-refractivity contribution is -0.138. The smallest absolute Gasteiger partial charge is 0.303 e. The van der Waals surface area contributed by atoms with Crippen LogP contribution in [-0.4, -0.2) is 57.4 Å². The van der Waals surface area contributed by atoms with Crippen molar-refractivity contribution in [2.24, 2.45) is 0 Å². The van der Waals surface area contributed by atoms with Crippen LogP contribution in [0.15, 0.2) is 0 Å². The molecule has 3 N–H and O–H groups in total. The first-order valence-corrected chi connectivity index (χ1v) is 11.3. The van der Waals surface area contributed by atoms with Crippen LogP contribution >= 0.6 is 0 Å². The molecule has 1 aliphatic rings. The molecule has 1 unspecified atom stereocenters. The van der Waals surface area contributed by atoms with E-state index in [1.807, 2.05) is 0 Å². The minimum Gasteiger partial charge on any atom is -0.481 e. The van der Waals surface area contributed by atoms with Gasteiger partial charge in [0.15, 0.2) is 0 Å². The predicted octanol–water partition coefficient (Wildman–Crippen LogP) is 4.44. The fourth-order valence-corrected chi connectivity index (χ4v) is 4.40. The molecule has 0 bridgehead atoms. The van der Waals surface area contributed by atoms with Gasteiger partial charge in [-0.3, -0.25) is 14.5 Å². The van der Waals surface area contributed by atoms with E-state index in [2.05, 4.69) is 4.90 Å². The summed E-state index contributed by atoms with van der Waals surface area (Å²) >= 11 is 0. The second-order valence-corrected chi connectivity index (χ2v) is 8.36. The molecule has 0 aromatic rings. The number of aliphatic carboxylic acids is 2. The van der Waals surface area contributed by atoms with E-state index in [4.69, 9.17) is 10.2 Å². The third-order valence-corrected chi connectivity index (χ3v) is 6.17. The van der Waals surface area contributed by atoms with Gasteiger partial charge in [0, 0.05) is 31.5 Å². The van der Waals surface area contributed by atoms with E-state index in [0.717, 1.165) is 77.3 Å². The summed E-state index contributed by atoms with van der Waals surface area (Å²) in [5, 5.41) is 26.6. The van der Waals surface area contributed by atoms with Crippen molar-refractivity contribution >= 4 is 11.9 Å². The van der Waals surface area contributed by atoms with Crippen LogP contribution in [-0.2, 0) is 9.59 Å². The Morgan fingerprint density at radius 3 is 1.71 bits per heavy atom. The predicted molar refractivity (Wildman–Crippen MR) is 111 cm³/mol. The van der Waals surface area contributed by atoms with Gasteiger partial charge in [-0.15, -0.1) is 0 Å². The summed E-state index contributed by atoms with van der Waals surface area (Å²) in [5.41, 5.74) is 0.271. The van der Waals surface area contributed by atoms with Crippen LogP contribution in [0.4, 0.5) is 0 Å². The Balaban J connectivity index is 2.20. The Morgan fingerprint density at radius 1 is 0.714 bits per heavy atom. The van der Waals surface area contributed by atoms with Crippen molar-refractivity contribution < 1.29 is 24.9 Å². The van der Waals surface area contributed by atoms with Gasteiger partial charge in [-0.25, -0.2) is 0 Å². The number of likely N-dealkylation sites (tertiary alicyclic amines) is 1. The molecule has 1 rings (SSSR count). The van der Waals surface area contributed by atoms with Crippen LogP contribution in [0.3, 0.4) is 0 Å². The highest BCUT2D eigenvalue weighted by molar-refractivity contribution is 5.66. The van der Waals surface area contributed by atoms with Gasteiger partial charge in [-0.05, 0) is 51.5 Å². The third kappa shape index (κ3) is 10.4. The molecule has 0 spiro atoms. The van der Waals surface area contributed by atoms with Gasteiger partial charge in [0.25, 0.3) is 0 Å². The zero-order chi connectivity index (χ0) is 20.7. The van der Waals surface area contributed by atoms with Gasteiger partial charge in [-0.1, -0.05) is 44.9 Å². The van der Waals surface area contributed by atoms with E-state index in [1.165, 1.54) is 25.7 Å². The van der Waals surface area contributed by atoms with E-state index in [9.17, 15) is 14.7 Å². The van der Waals surface area contributed by atoms with Crippen molar-refractivity contribution in [3.05, 3.63) is 0 Å². The highest BCUT2D eigenvalue weighted by atomic mass is 16.4. The molecular weight excluding hydrogens is 358 g/mol. The quantitative estimate of drug-likeness (QED) is 0.278. The van der Waals surface area contributed by atoms with Crippen molar-refractivity contribution in [2.45, 2.75) is 108 Å². The van der Waals surface area contributed by atoms with E-state index in [1.54, 1.807) is 0 Å². The van der Waals surface area contributed by atoms with Crippen LogP contribution in [0.2, 0.25) is 0 Å². The molecule has 1 heterocycles. The summed E-state index contributed by atoms with van der Waals surface area (Å²) in [6.45, 7) is 2.53. The van der Waals surface area contributed by atoms with E-state index in [-0.39, 0.29) is 25.0 Å². The molecule has 6 nitrogen and oxygen atoms in total. The summed E-state index contributed by atoms with van der Waals surface area (Å²) in [7, 11) is 0. The zero-order valence-corrected chi connectivity index (χ0v) is 17.5. The lowest BCUT2D eigenvalue weighted by Crippen LogP contribution is -2.60. The molecule has 1 atom stereocenters. The summed E-state index contributed by atoms with van der Waals surface area (Å²) in [6.07, 6.45) is 15.4. The maximum atomic E-state index is 10.5. The van der Waals surface area contributed by atoms with Crippen molar-refractivity contribution in [2.75, 3.05) is 19.7 Å². The monoisotopic (exact) mass is 399 g/mol. The highest BCUT2D eigenvalue weighted by Gasteiger charge is 2.42. The number of nitrogens with zero attached hydrogens (tertiary/aromatic N) is 1. The average molecular weight is 400 g/mol. The van der Waals surface area contributed by atoms with Crippen molar-refractivity contribution in [1.29, 1.82) is 0 Å². The van der Waals surface area contributed by atoms with Crippen LogP contribution < -0.4 is 0 Å². The fraction of sp³-hybridized carbons (Fsp3) is 0.909. The van der Waals surface area contributed by atoms with Crippen LogP contribution in [0.5, 0.6) is 0 Å². The second-order valence-electron chi connectivity index (χ2n) is 8.36. The Bertz CT molecular complexity index is 443. The number of aliphatic hydroxyl groups excluding tert-OH is 1. The summed E-state index contributed by atoms with van der Waals surface area (Å²) in [4.78, 5) is 23.7. The number of carbonyl (C=O) groups is 2. The van der Waals surface area contributed by atoms with E-state index in [0.29, 0.717) is 0 Å². The lowest BCUT2D eigenvalue weighted by atomic mass is 9.76. The van der Waals surface area contributed by atoms with Crippen LogP contribution in [0.1, 0.15) is 103 Å². The Kier molecular flexibility index (Phi) is 13.2. The minimum absolute atomic E-state index is 0.258. The molecule has 6 heteroatoms. The molecule has 0 saturated carbocycles. The van der Waals surface area contributed by atoms with Gasteiger partial charge < -0.3 is 15.3 Å². The molecule has 0 radical (unpaired) electrons. The van der Waals surface area contributed by atoms with Gasteiger partial charge in [-0.2, -0.15) is 0 Å². The standard InChI is InChI=1S/C22H41NO5/c24-19-11-15-22(14-9-5-1-3-7-12-20(25)26)16-18-23(22)17-10-6-2-4-8-13-21(27)28/h24H,1-19H2,(H,25,26)(H,27,28). The number of hydrogen-bond donors (Lipinski definition) is 3. The number of carboxylic acids is 2. The molecule has 1 saturated heterocycles. The first-order chi connectivity index (χ1) is 13.5. The SMILES string of the molecule is O=C(O)CCCCCCCN1CCC1(CCCO)CCCCCCCC(=O)O. The van der Waals surface area contributed by atoms with E-state index >= 15 is 0 Å². The Morgan fingerprint density at radius 2 is 1.21 bits per heavy atom. The zero-order valence-electron chi connectivity index (χ0n) is 17.5. The summed E-state index contributed by atoms with van der Waals surface area (Å²) < 4.78 is 0. The Hall–Kier alpha value is -1.14. The van der Waals surface area contributed by atoms with Crippen LogP contribution in [0, 0.1) is 0 Å². The largest absolute Gasteiger partial charge is 0.481 e. The number of unbranched alkanes of at least 4 members (excludes halogenated alkanes) is 8. The van der Waals surface area contributed by atoms with Gasteiger partial charge in [0.05, 0.1) is 0 Å². The lowest BCUT2D eigenvalue weighted by Gasteiger charge is -2.54. The van der Waals surface area contributed by atoms with Crippen molar-refractivity contribution in [1.82, 2.24) is 4.90 Å². The number of carboxylic acid groups (broad SMARTS) is 2. The second kappa shape index (κ2) is 14.8. The molecule has 28 heavy (non-hydrogen) atoms. The number of aliphatic hydroxyl groups is 1. The molecule has 0 aromatic carbocycles. The molecule has 0 aromatic heterocycles. The van der Waals surface area contributed by atoms with E-state index < -0.39 is 11.9 Å². The summed E-state index contributed by atoms with van der Waals surface area (Å²) in [6, 6.07) is 0. The van der Waals surface area contributed by atoms with Gasteiger partial charge in [0.1, 0.15) is 0 Å². The molecule has 0 aliphatic carbocycles. The topological polar surface area (TPSA) is 98.1 Å². The maximum Gasteiger partial charge on any atom is 0.303 e. The molecule has 164 valence electrons. The third-order valence-electron chi connectivity index (χ3n) is 6.17. The fourth-order valence-electron chi connectivity index (χ4n) is 4.40. The normalized spacial score (nSPS) is 19.5. The number of hydrogen-bond acceptors (Lipinski definition) is 4.